The normalized spacial score (nSPS) is 13.9. The first-order chi connectivity index (χ1) is 13.0. The van der Waals surface area contributed by atoms with E-state index >= 15 is 0 Å². The lowest BCUT2D eigenvalue weighted by molar-refractivity contribution is 0.152. The summed E-state index contributed by atoms with van der Waals surface area (Å²) in [6, 6.07) is 8.03. The van der Waals surface area contributed by atoms with Crippen LogP contribution in [0.4, 0.5) is 30.2 Å². The maximum Gasteiger partial charge on any atom is 0.264 e. The fourth-order valence-corrected chi connectivity index (χ4v) is 3.64. The Balaban J connectivity index is 1.88. The predicted octanol–water partition coefficient (Wildman–Crippen LogP) is 4.83. The van der Waals surface area contributed by atoms with Crippen molar-refractivity contribution in [1.82, 2.24) is 9.78 Å². The zero-order valence-electron chi connectivity index (χ0n) is 14.8. The van der Waals surface area contributed by atoms with Crippen LogP contribution in [0, 0.1) is 5.82 Å². The van der Waals surface area contributed by atoms with Crippen LogP contribution in [0.3, 0.4) is 0 Å². The quantitative estimate of drug-likeness (QED) is 0.670. The number of hydrogen-bond donors (Lipinski definition) is 1. The second-order valence-corrected chi connectivity index (χ2v) is 6.71. The van der Waals surface area contributed by atoms with Crippen molar-refractivity contribution in [3.63, 3.8) is 0 Å². The van der Waals surface area contributed by atoms with Crippen molar-refractivity contribution in [3.05, 3.63) is 59.7 Å². The molecule has 1 aliphatic rings. The third-order valence-electron chi connectivity index (χ3n) is 4.92. The highest BCUT2D eigenvalue weighted by atomic mass is 19.3. The van der Waals surface area contributed by atoms with E-state index in [1.807, 2.05) is 0 Å². The van der Waals surface area contributed by atoms with Crippen LogP contribution in [0.2, 0.25) is 0 Å². The van der Waals surface area contributed by atoms with Gasteiger partial charge in [0.15, 0.2) is 5.82 Å². The van der Waals surface area contributed by atoms with Crippen molar-refractivity contribution in [3.8, 4) is 11.1 Å². The molecule has 0 unspecified atom stereocenters. The van der Waals surface area contributed by atoms with Gasteiger partial charge < -0.3 is 10.6 Å². The van der Waals surface area contributed by atoms with Crippen LogP contribution in [0.5, 0.6) is 0 Å². The van der Waals surface area contributed by atoms with Gasteiger partial charge in [-0.2, -0.15) is 5.10 Å². The number of nitrogens with zero attached hydrogens (tertiary/aromatic N) is 3. The third-order valence-corrected chi connectivity index (χ3v) is 4.92. The molecule has 2 heterocycles. The summed E-state index contributed by atoms with van der Waals surface area (Å²) in [5.74, 6) is -0.528. The number of hydrogen-bond acceptors (Lipinski definition) is 3. The van der Waals surface area contributed by atoms with Crippen molar-refractivity contribution in [2.24, 2.45) is 7.05 Å². The minimum atomic E-state index is -2.65. The Labute approximate surface area is 155 Å². The molecule has 2 aromatic carbocycles. The Morgan fingerprint density at radius 3 is 2.70 bits per heavy atom. The standard InChI is InChI=1S/C20H19F3N4/c1-26-11-13(10-25-26)14-8-12-4-3-7-27(18(12)9-15(14)20(22)23)17-6-2-5-16(24)19(17)21/h2,5-6,8-11,20H,3-4,7,24H2,1H3. The molecule has 0 radical (unpaired) electrons. The lowest BCUT2D eigenvalue weighted by Gasteiger charge is -2.33. The predicted molar refractivity (Wildman–Crippen MR) is 99.7 cm³/mol. The topological polar surface area (TPSA) is 47.1 Å². The number of anilines is 3. The fraction of sp³-hybridized carbons (Fsp3) is 0.250. The number of halogens is 3. The van der Waals surface area contributed by atoms with Crippen LogP contribution in [0.25, 0.3) is 11.1 Å². The highest BCUT2D eigenvalue weighted by molar-refractivity contribution is 5.77. The molecule has 0 spiro atoms. The molecule has 4 nitrogen and oxygen atoms in total. The number of alkyl halides is 2. The minimum Gasteiger partial charge on any atom is -0.396 e. The maximum absolute atomic E-state index is 14.6. The number of aromatic nitrogens is 2. The van der Waals surface area contributed by atoms with Crippen LogP contribution in [0.15, 0.2) is 42.7 Å². The van der Waals surface area contributed by atoms with E-state index in [1.165, 1.54) is 12.1 Å². The van der Waals surface area contributed by atoms with E-state index in [1.54, 1.807) is 47.2 Å². The number of nitrogen functional groups attached to an aromatic ring is 1. The number of nitrogens with two attached hydrogens (primary N) is 1. The Hall–Kier alpha value is -2.96. The smallest absolute Gasteiger partial charge is 0.264 e. The van der Waals surface area contributed by atoms with E-state index in [9.17, 15) is 13.2 Å². The number of aryl methyl sites for hydroxylation is 2. The molecule has 27 heavy (non-hydrogen) atoms. The van der Waals surface area contributed by atoms with Gasteiger partial charge in [-0.15, -0.1) is 0 Å². The van der Waals surface area contributed by atoms with Crippen LogP contribution < -0.4 is 10.6 Å². The molecule has 4 rings (SSSR count). The average Bonchev–Trinajstić information content (AvgIpc) is 3.08. The van der Waals surface area contributed by atoms with Crippen molar-refractivity contribution < 1.29 is 13.2 Å². The lowest BCUT2D eigenvalue weighted by atomic mass is 9.92. The summed E-state index contributed by atoms with van der Waals surface area (Å²) >= 11 is 0. The molecule has 1 aliphatic heterocycles. The average molecular weight is 372 g/mol. The summed E-state index contributed by atoms with van der Waals surface area (Å²) in [4.78, 5) is 1.74. The number of benzene rings is 2. The molecule has 140 valence electrons. The zero-order valence-corrected chi connectivity index (χ0v) is 14.8. The Kier molecular flexibility index (Phi) is 4.30. The maximum atomic E-state index is 14.6. The van der Waals surface area contributed by atoms with Gasteiger partial charge in [0.05, 0.1) is 17.6 Å². The molecular formula is C20H19F3N4. The molecule has 0 bridgehead atoms. The summed E-state index contributed by atoms with van der Waals surface area (Å²) in [7, 11) is 1.74. The van der Waals surface area contributed by atoms with Crippen molar-refractivity contribution in [1.29, 1.82) is 0 Å². The highest BCUT2D eigenvalue weighted by Crippen LogP contribution is 2.42. The second kappa shape index (κ2) is 6.64. The lowest BCUT2D eigenvalue weighted by Crippen LogP contribution is -2.26. The number of rotatable bonds is 3. The number of fused-ring (bicyclic) bond motifs is 1. The summed E-state index contributed by atoms with van der Waals surface area (Å²) in [6.45, 7) is 0.544. The Bertz CT molecular complexity index is 997. The first kappa shape index (κ1) is 17.5. The van der Waals surface area contributed by atoms with E-state index in [4.69, 9.17) is 5.73 Å². The summed E-state index contributed by atoms with van der Waals surface area (Å²) in [5, 5.41) is 4.09. The first-order valence-corrected chi connectivity index (χ1v) is 8.71. The van der Waals surface area contributed by atoms with E-state index in [-0.39, 0.29) is 11.3 Å². The zero-order chi connectivity index (χ0) is 19.1. The Morgan fingerprint density at radius 1 is 1.19 bits per heavy atom. The highest BCUT2D eigenvalue weighted by Gasteiger charge is 2.26. The van der Waals surface area contributed by atoms with Gasteiger partial charge in [0.25, 0.3) is 6.43 Å². The van der Waals surface area contributed by atoms with Gasteiger partial charge in [0.1, 0.15) is 0 Å². The van der Waals surface area contributed by atoms with Crippen LogP contribution in [-0.2, 0) is 13.5 Å². The van der Waals surface area contributed by atoms with E-state index in [2.05, 4.69) is 5.10 Å². The molecule has 2 N–H and O–H groups in total. The van der Waals surface area contributed by atoms with Crippen molar-refractivity contribution in [2.75, 3.05) is 17.2 Å². The van der Waals surface area contributed by atoms with Crippen LogP contribution in [0.1, 0.15) is 24.0 Å². The molecule has 0 saturated carbocycles. The monoisotopic (exact) mass is 372 g/mol. The SMILES string of the molecule is Cn1cc(-c2cc3c(cc2C(F)F)N(c2cccc(N)c2F)CCC3)cn1. The molecule has 0 fully saturated rings. The van der Waals surface area contributed by atoms with Crippen molar-refractivity contribution in [2.45, 2.75) is 19.3 Å². The molecule has 0 amide bonds. The van der Waals surface area contributed by atoms with Gasteiger partial charge in [0.2, 0.25) is 0 Å². The fourth-order valence-electron chi connectivity index (χ4n) is 3.64. The second-order valence-electron chi connectivity index (χ2n) is 6.71. The van der Waals surface area contributed by atoms with Gasteiger partial charge >= 0.3 is 0 Å². The van der Waals surface area contributed by atoms with Gasteiger partial charge in [0, 0.05) is 36.6 Å². The summed E-state index contributed by atoms with van der Waals surface area (Å²) in [5.41, 5.74) is 8.58. The minimum absolute atomic E-state index is 0.0423. The van der Waals surface area contributed by atoms with Gasteiger partial charge in [-0.25, -0.2) is 13.2 Å². The molecule has 1 aromatic heterocycles. The van der Waals surface area contributed by atoms with Crippen LogP contribution >= 0.6 is 0 Å². The third kappa shape index (κ3) is 3.03. The summed E-state index contributed by atoms with van der Waals surface area (Å²) in [6.07, 6.45) is 2.17. The van der Waals surface area contributed by atoms with Crippen LogP contribution in [-0.4, -0.2) is 16.3 Å². The van der Waals surface area contributed by atoms with Gasteiger partial charge in [-0.1, -0.05) is 6.07 Å². The molecule has 7 heteroatoms. The molecule has 0 aliphatic carbocycles. The van der Waals surface area contributed by atoms with E-state index < -0.39 is 12.2 Å². The molecule has 0 saturated heterocycles. The summed E-state index contributed by atoms with van der Waals surface area (Å²) < 4.78 is 43.8. The van der Waals surface area contributed by atoms with Gasteiger partial charge in [-0.05, 0) is 48.2 Å². The molecule has 3 aromatic rings. The van der Waals surface area contributed by atoms with Gasteiger partial charge in [-0.3, -0.25) is 4.68 Å². The largest absolute Gasteiger partial charge is 0.396 e. The van der Waals surface area contributed by atoms with E-state index in [0.29, 0.717) is 29.0 Å². The first-order valence-electron chi connectivity index (χ1n) is 8.71. The molecule has 0 atom stereocenters. The van der Waals surface area contributed by atoms with Crippen molar-refractivity contribution >= 4 is 17.1 Å². The molecular weight excluding hydrogens is 353 g/mol. The van der Waals surface area contributed by atoms with E-state index in [0.717, 1.165) is 18.4 Å². The Morgan fingerprint density at radius 2 is 2.00 bits per heavy atom.